The fraction of sp³-hybridized carbons (Fsp3) is 0.949. The number of hydrogen-bond acceptors (Lipinski definition) is 15. The Kier molecular flexibility index (Phi) is 69.3. The summed E-state index contributed by atoms with van der Waals surface area (Å²) in [4.78, 5) is 72.8. The van der Waals surface area contributed by atoms with Gasteiger partial charge in [-0.15, -0.1) is 0 Å². The number of ether oxygens (including phenoxy) is 4. The maximum Gasteiger partial charge on any atom is 0.472 e. The highest BCUT2D eigenvalue weighted by molar-refractivity contribution is 7.47. The average Bonchev–Trinajstić information content (AvgIpc) is 0.958. The van der Waals surface area contributed by atoms with Gasteiger partial charge in [0.25, 0.3) is 0 Å². The third-order valence-electron chi connectivity index (χ3n) is 18.8. The van der Waals surface area contributed by atoms with Crippen molar-refractivity contribution in [2.45, 2.75) is 432 Å². The van der Waals surface area contributed by atoms with Crippen LogP contribution in [0.5, 0.6) is 0 Å². The van der Waals surface area contributed by atoms with Gasteiger partial charge in [0.2, 0.25) is 0 Å². The molecule has 0 bridgehead atoms. The quantitative estimate of drug-likeness (QED) is 0.0222. The Morgan fingerprint density at radius 2 is 0.520 bits per heavy atom. The molecule has 17 nitrogen and oxygen atoms in total. The molecule has 582 valence electrons. The van der Waals surface area contributed by atoms with Crippen LogP contribution in [0.15, 0.2) is 0 Å². The van der Waals surface area contributed by atoms with E-state index in [0.29, 0.717) is 25.7 Å². The standard InChI is InChI=1S/C79H154O17P2/c1-7-10-12-14-16-18-19-33-39-45-51-57-63-78(83)95-74(67-89-76(81)61-55-49-43-17-15-13-11-8-2)69-93-97(85,86)91-65-73(80)66-92-98(87,88)94-70-75(68-90-77(82)62-56-50-44-38-34-30-26-27-31-36-41-47-53-59-71(4)5)96-79(84)64-58-52-46-40-35-29-25-23-21-20-22-24-28-32-37-42-48-54-60-72(6)9-3/h71-75,80H,7-70H2,1-6H3,(H,85,86)(H,87,88)/t72?,73-,74+,75+/m0/s1. The Hall–Kier alpha value is -1.94. The summed E-state index contributed by atoms with van der Waals surface area (Å²) in [5.74, 6) is -0.451. The number of carbonyl (C=O) groups excluding carboxylic acids is 4. The molecule has 19 heteroatoms. The number of aliphatic hydroxyl groups excluding tert-OH is 1. The van der Waals surface area contributed by atoms with Crippen LogP contribution in [0.25, 0.3) is 0 Å². The van der Waals surface area contributed by atoms with Gasteiger partial charge in [-0.05, 0) is 37.5 Å². The molecule has 0 aromatic carbocycles. The highest BCUT2D eigenvalue weighted by Crippen LogP contribution is 2.45. The first-order valence-corrected chi connectivity index (χ1v) is 44.0. The van der Waals surface area contributed by atoms with Crippen LogP contribution >= 0.6 is 15.6 Å². The third kappa shape index (κ3) is 71.1. The number of esters is 4. The van der Waals surface area contributed by atoms with Crippen molar-refractivity contribution >= 4 is 39.5 Å². The molecule has 0 heterocycles. The molecule has 6 atom stereocenters. The molecule has 0 aromatic rings. The molecule has 3 N–H and O–H groups in total. The Morgan fingerprint density at radius 1 is 0.296 bits per heavy atom. The fourth-order valence-corrected chi connectivity index (χ4v) is 13.7. The second-order valence-electron chi connectivity index (χ2n) is 29.2. The lowest BCUT2D eigenvalue weighted by Gasteiger charge is -2.21. The molecule has 0 aromatic heterocycles. The molecule has 0 spiro atoms. The van der Waals surface area contributed by atoms with Gasteiger partial charge < -0.3 is 33.8 Å². The molecule has 0 aliphatic heterocycles. The summed E-state index contributed by atoms with van der Waals surface area (Å²) in [6.45, 7) is 9.68. The van der Waals surface area contributed by atoms with E-state index in [4.69, 9.17) is 37.0 Å². The molecule has 0 radical (unpaired) electrons. The molecule has 3 unspecified atom stereocenters. The van der Waals surface area contributed by atoms with Crippen molar-refractivity contribution in [3.63, 3.8) is 0 Å². The van der Waals surface area contributed by atoms with Gasteiger partial charge in [0.05, 0.1) is 26.4 Å². The van der Waals surface area contributed by atoms with Crippen molar-refractivity contribution in [3.8, 4) is 0 Å². The molecular weight excluding hydrogens is 1280 g/mol. The lowest BCUT2D eigenvalue weighted by Crippen LogP contribution is -2.30. The van der Waals surface area contributed by atoms with E-state index in [9.17, 15) is 43.2 Å². The van der Waals surface area contributed by atoms with Crippen LogP contribution in [0.1, 0.15) is 414 Å². The highest BCUT2D eigenvalue weighted by Gasteiger charge is 2.30. The Bertz CT molecular complexity index is 1890. The summed E-state index contributed by atoms with van der Waals surface area (Å²) in [6, 6.07) is 0. The summed E-state index contributed by atoms with van der Waals surface area (Å²) in [5, 5.41) is 10.6. The molecule has 0 saturated carbocycles. The Balaban J connectivity index is 5.18. The number of phosphoric acid groups is 2. The Morgan fingerprint density at radius 3 is 0.776 bits per heavy atom. The van der Waals surface area contributed by atoms with Crippen molar-refractivity contribution in [1.82, 2.24) is 0 Å². The van der Waals surface area contributed by atoms with E-state index in [2.05, 4.69) is 41.5 Å². The zero-order valence-electron chi connectivity index (χ0n) is 64.1. The van der Waals surface area contributed by atoms with Crippen LogP contribution in [0.4, 0.5) is 0 Å². The van der Waals surface area contributed by atoms with Crippen LogP contribution in [-0.2, 0) is 65.4 Å². The van der Waals surface area contributed by atoms with Crippen LogP contribution in [0.3, 0.4) is 0 Å². The first-order valence-electron chi connectivity index (χ1n) is 41.0. The van der Waals surface area contributed by atoms with E-state index in [1.54, 1.807) is 0 Å². The monoisotopic (exact) mass is 1440 g/mol. The number of unbranched alkanes of at least 4 members (excludes halogenated alkanes) is 47. The minimum atomic E-state index is -4.96. The number of carbonyl (C=O) groups is 4. The van der Waals surface area contributed by atoms with Crippen molar-refractivity contribution < 1.29 is 80.2 Å². The Labute approximate surface area is 600 Å². The van der Waals surface area contributed by atoms with E-state index in [1.165, 1.54) is 225 Å². The maximum atomic E-state index is 13.1. The van der Waals surface area contributed by atoms with Gasteiger partial charge in [-0.25, -0.2) is 9.13 Å². The minimum Gasteiger partial charge on any atom is -0.462 e. The molecule has 0 saturated heterocycles. The second kappa shape index (κ2) is 70.7. The summed E-state index contributed by atoms with van der Waals surface area (Å²) in [6.07, 6.45) is 59.7. The van der Waals surface area contributed by atoms with Gasteiger partial charge in [0.15, 0.2) is 12.2 Å². The van der Waals surface area contributed by atoms with Crippen molar-refractivity contribution in [2.24, 2.45) is 11.8 Å². The molecule has 0 fully saturated rings. The first kappa shape index (κ1) is 96.1. The van der Waals surface area contributed by atoms with Gasteiger partial charge in [0.1, 0.15) is 19.3 Å². The summed E-state index contributed by atoms with van der Waals surface area (Å²) in [7, 11) is -9.91. The zero-order chi connectivity index (χ0) is 72.1. The molecule has 0 aliphatic carbocycles. The van der Waals surface area contributed by atoms with Gasteiger partial charge in [-0.2, -0.15) is 0 Å². The van der Waals surface area contributed by atoms with Crippen LogP contribution < -0.4 is 0 Å². The van der Waals surface area contributed by atoms with Crippen LogP contribution in [0, 0.1) is 11.8 Å². The van der Waals surface area contributed by atoms with Gasteiger partial charge >= 0.3 is 39.5 Å². The lowest BCUT2D eigenvalue weighted by molar-refractivity contribution is -0.161. The van der Waals surface area contributed by atoms with Crippen LogP contribution in [0.2, 0.25) is 0 Å². The predicted molar refractivity (Wildman–Crippen MR) is 400 cm³/mol. The highest BCUT2D eigenvalue weighted by atomic mass is 31.2. The maximum absolute atomic E-state index is 13.1. The van der Waals surface area contributed by atoms with E-state index < -0.39 is 97.5 Å². The van der Waals surface area contributed by atoms with Crippen molar-refractivity contribution in [3.05, 3.63) is 0 Å². The van der Waals surface area contributed by atoms with Gasteiger partial charge in [-0.1, -0.05) is 363 Å². The normalized spacial score (nSPS) is 14.2. The minimum absolute atomic E-state index is 0.107. The smallest absolute Gasteiger partial charge is 0.462 e. The van der Waals surface area contributed by atoms with Crippen molar-refractivity contribution in [2.75, 3.05) is 39.6 Å². The molecular formula is C79H154O17P2. The topological polar surface area (TPSA) is 237 Å². The number of rotatable bonds is 78. The summed E-state index contributed by atoms with van der Waals surface area (Å²) >= 11 is 0. The van der Waals surface area contributed by atoms with Gasteiger partial charge in [0, 0.05) is 25.7 Å². The number of aliphatic hydroxyl groups is 1. The average molecular weight is 1440 g/mol. The fourth-order valence-electron chi connectivity index (χ4n) is 12.2. The second-order valence-corrected chi connectivity index (χ2v) is 32.1. The summed E-state index contributed by atoms with van der Waals surface area (Å²) in [5.41, 5.74) is 0. The van der Waals surface area contributed by atoms with E-state index in [1.807, 2.05) is 0 Å². The summed E-state index contributed by atoms with van der Waals surface area (Å²) < 4.78 is 68.5. The number of phosphoric ester groups is 2. The van der Waals surface area contributed by atoms with Gasteiger partial charge in [-0.3, -0.25) is 37.3 Å². The lowest BCUT2D eigenvalue weighted by atomic mass is 9.99. The SMILES string of the molecule is CCCCCCCCCCCCCCC(=O)O[C@H](COC(=O)CCCCCCCCCC)COP(=O)(O)OC[C@H](O)COP(=O)(O)OC[C@@H](COC(=O)CCCCCCCCCCCCCCCC(C)C)OC(=O)CCCCCCCCCCCCCCCCCCCCC(C)CC. The zero-order valence-corrected chi connectivity index (χ0v) is 65.9. The first-order chi connectivity index (χ1) is 47.4. The predicted octanol–water partition coefficient (Wildman–Crippen LogP) is 23.5. The van der Waals surface area contributed by atoms with E-state index >= 15 is 0 Å². The van der Waals surface area contributed by atoms with Crippen LogP contribution in [-0.4, -0.2) is 96.7 Å². The molecule has 0 aliphatic rings. The molecule has 0 amide bonds. The molecule has 98 heavy (non-hydrogen) atoms. The van der Waals surface area contributed by atoms with E-state index in [-0.39, 0.29) is 25.7 Å². The third-order valence-corrected chi connectivity index (χ3v) is 20.7. The largest absolute Gasteiger partial charge is 0.472 e. The van der Waals surface area contributed by atoms with E-state index in [0.717, 1.165) is 108 Å². The number of hydrogen-bond donors (Lipinski definition) is 3. The van der Waals surface area contributed by atoms with Crippen molar-refractivity contribution in [1.29, 1.82) is 0 Å². The molecule has 0 rings (SSSR count).